The molecule has 0 bridgehead atoms. The summed E-state index contributed by atoms with van der Waals surface area (Å²) >= 11 is 0. The summed E-state index contributed by atoms with van der Waals surface area (Å²) in [5.41, 5.74) is 14.7. The van der Waals surface area contributed by atoms with Gasteiger partial charge in [-0.2, -0.15) is 0 Å². The van der Waals surface area contributed by atoms with Gasteiger partial charge in [-0.25, -0.2) is 0 Å². The first-order valence-electron chi connectivity index (χ1n) is 5.54. The lowest BCUT2D eigenvalue weighted by Crippen LogP contribution is -2.21. The Morgan fingerprint density at radius 3 is 2.87 bits per heavy atom. The lowest BCUT2D eigenvalue weighted by molar-refractivity contribution is 0.659. The van der Waals surface area contributed by atoms with Crippen LogP contribution in [0.3, 0.4) is 0 Å². The van der Waals surface area contributed by atoms with Gasteiger partial charge in [0.15, 0.2) is 0 Å². The Labute approximate surface area is 91.1 Å². The van der Waals surface area contributed by atoms with E-state index in [1.54, 1.807) is 0 Å². The van der Waals surface area contributed by atoms with Crippen LogP contribution in [0, 0.1) is 5.92 Å². The third kappa shape index (κ3) is 2.07. The average Bonchev–Trinajstić information content (AvgIpc) is 2.64. The minimum Gasteiger partial charge on any atom is -0.399 e. The summed E-state index contributed by atoms with van der Waals surface area (Å²) in [7, 11) is 0. The molecule has 0 aromatic heterocycles. The SMILES string of the molecule is CC1CCN(c2ccc(N)cc2CN)C1. The van der Waals surface area contributed by atoms with Crippen molar-refractivity contribution in [3.05, 3.63) is 23.8 Å². The van der Waals surface area contributed by atoms with Gasteiger partial charge in [0.1, 0.15) is 0 Å². The van der Waals surface area contributed by atoms with Crippen LogP contribution < -0.4 is 16.4 Å². The second-order valence-electron chi connectivity index (χ2n) is 4.43. The number of benzene rings is 1. The zero-order chi connectivity index (χ0) is 10.8. The molecule has 1 aromatic rings. The lowest BCUT2D eigenvalue weighted by atomic mass is 10.1. The fraction of sp³-hybridized carbons (Fsp3) is 0.500. The highest BCUT2D eigenvalue weighted by Gasteiger charge is 2.20. The van der Waals surface area contributed by atoms with E-state index in [2.05, 4.69) is 17.9 Å². The first-order chi connectivity index (χ1) is 7.20. The number of anilines is 2. The summed E-state index contributed by atoms with van der Waals surface area (Å²) in [4.78, 5) is 2.41. The summed E-state index contributed by atoms with van der Waals surface area (Å²) < 4.78 is 0. The van der Waals surface area contributed by atoms with Crippen molar-refractivity contribution in [1.82, 2.24) is 0 Å². The number of nitrogens with zero attached hydrogens (tertiary/aromatic N) is 1. The maximum absolute atomic E-state index is 5.75. The molecular formula is C12H19N3. The topological polar surface area (TPSA) is 55.3 Å². The van der Waals surface area contributed by atoms with Gasteiger partial charge in [-0.15, -0.1) is 0 Å². The van der Waals surface area contributed by atoms with Gasteiger partial charge in [0.25, 0.3) is 0 Å². The van der Waals surface area contributed by atoms with Crippen LogP contribution in [0.2, 0.25) is 0 Å². The highest BCUT2D eigenvalue weighted by atomic mass is 15.2. The van der Waals surface area contributed by atoms with Crippen LogP contribution in [0.15, 0.2) is 18.2 Å². The second-order valence-corrected chi connectivity index (χ2v) is 4.43. The summed E-state index contributed by atoms with van der Waals surface area (Å²) in [5.74, 6) is 0.785. The standard InChI is InChI=1S/C12H19N3/c1-9-4-5-15(8-9)12-3-2-11(14)6-10(12)7-13/h2-3,6,9H,4-5,7-8,13-14H2,1H3. The van der Waals surface area contributed by atoms with Gasteiger partial charge in [-0.1, -0.05) is 6.92 Å². The van der Waals surface area contributed by atoms with E-state index in [0.29, 0.717) is 6.54 Å². The smallest absolute Gasteiger partial charge is 0.0413 e. The quantitative estimate of drug-likeness (QED) is 0.721. The highest BCUT2D eigenvalue weighted by Crippen LogP contribution is 2.28. The molecule has 0 spiro atoms. The molecule has 1 saturated heterocycles. The normalized spacial score (nSPS) is 20.9. The van der Waals surface area contributed by atoms with Crippen molar-refractivity contribution in [1.29, 1.82) is 0 Å². The summed E-state index contributed by atoms with van der Waals surface area (Å²) in [6, 6.07) is 6.03. The van der Waals surface area contributed by atoms with Crippen LogP contribution >= 0.6 is 0 Å². The first kappa shape index (κ1) is 10.3. The predicted molar refractivity (Wildman–Crippen MR) is 64.7 cm³/mol. The van der Waals surface area contributed by atoms with Gasteiger partial charge in [0.05, 0.1) is 0 Å². The molecule has 0 aliphatic carbocycles. The van der Waals surface area contributed by atoms with E-state index in [9.17, 15) is 0 Å². The molecule has 82 valence electrons. The number of rotatable bonds is 2. The molecule has 1 aliphatic rings. The van der Waals surface area contributed by atoms with Gasteiger partial charge in [0.2, 0.25) is 0 Å². The Hall–Kier alpha value is -1.22. The molecule has 3 heteroatoms. The number of hydrogen-bond donors (Lipinski definition) is 2. The first-order valence-corrected chi connectivity index (χ1v) is 5.54. The van der Waals surface area contributed by atoms with Gasteiger partial charge in [-0.05, 0) is 36.1 Å². The molecule has 1 aliphatic heterocycles. The molecule has 0 radical (unpaired) electrons. The van der Waals surface area contributed by atoms with E-state index in [0.717, 1.165) is 30.3 Å². The predicted octanol–water partition coefficient (Wildman–Crippen LogP) is 1.57. The van der Waals surface area contributed by atoms with Gasteiger partial charge in [-0.3, -0.25) is 0 Å². The van der Waals surface area contributed by atoms with Gasteiger partial charge >= 0.3 is 0 Å². The van der Waals surface area contributed by atoms with Gasteiger partial charge < -0.3 is 16.4 Å². The Balaban J connectivity index is 2.27. The van der Waals surface area contributed by atoms with Crippen LogP contribution in [-0.4, -0.2) is 13.1 Å². The molecule has 0 amide bonds. The summed E-state index contributed by atoms with van der Waals surface area (Å²) in [6.45, 7) is 5.12. The van der Waals surface area contributed by atoms with Crippen molar-refractivity contribution in [3.63, 3.8) is 0 Å². The monoisotopic (exact) mass is 205 g/mol. The molecule has 1 unspecified atom stereocenters. The number of nitrogens with two attached hydrogens (primary N) is 2. The average molecular weight is 205 g/mol. The summed E-state index contributed by atoms with van der Waals surface area (Å²) in [6.07, 6.45) is 1.27. The van der Waals surface area contributed by atoms with Crippen molar-refractivity contribution in [2.45, 2.75) is 19.9 Å². The van der Waals surface area contributed by atoms with Crippen molar-refractivity contribution in [2.75, 3.05) is 23.7 Å². The zero-order valence-corrected chi connectivity index (χ0v) is 9.24. The zero-order valence-electron chi connectivity index (χ0n) is 9.24. The minimum absolute atomic E-state index is 0.561. The van der Waals surface area contributed by atoms with Crippen molar-refractivity contribution < 1.29 is 0 Å². The molecule has 3 nitrogen and oxygen atoms in total. The fourth-order valence-corrected chi connectivity index (χ4v) is 2.23. The van der Waals surface area contributed by atoms with Gasteiger partial charge in [0, 0.05) is 31.0 Å². The molecular weight excluding hydrogens is 186 g/mol. The van der Waals surface area contributed by atoms with E-state index >= 15 is 0 Å². The van der Waals surface area contributed by atoms with Crippen LogP contribution in [0.4, 0.5) is 11.4 Å². The molecule has 1 fully saturated rings. The molecule has 1 heterocycles. The number of nitrogen functional groups attached to an aromatic ring is 1. The third-order valence-corrected chi connectivity index (χ3v) is 3.09. The maximum atomic E-state index is 5.75. The maximum Gasteiger partial charge on any atom is 0.0413 e. The van der Waals surface area contributed by atoms with Crippen LogP contribution in [0.25, 0.3) is 0 Å². The van der Waals surface area contributed by atoms with Crippen LogP contribution in [0.5, 0.6) is 0 Å². The van der Waals surface area contributed by atoms with E-state index < -0.39 is 0 Å². The Morgan fingerprint density at radius 1 is 1.47 bits per heavy atom. The highest BCUT2D eigenvalue weighted by molar-refractivity contribution is 5.60. The minimum atomic E-state index is 0.561. The Morgan fingerprint density at radius 2 is 2.27 bits per heavy atom. The molecule has 0 saturated carbocycles. The van der Waals surface area contributed by atoms with E-state index in [1.165, 1.54) is 12.1 Å². The Bertz CT molecular complexity index is 349. The largest absolute Gasteiger partial charge is 0.399 e. The van der Waals surface area contributed by atoms with Crippen molar-refractivity contribution >= 4 is 11.4 Å². The molecule has 1 aromatic carbocycles. The number of hydrogen-bond acceptors (Lipinski definition) is 3. The van der Waals surface area contributed by atoms with Crippen molar-refractivity contribution in [2.24, 2.45) is 11.7 Å². The van der Waals surface area contributed by atoms with Crippen LogP contribution in [-0.2, 0) is 6.54 Å². The third-order valence-electron chi connectivity index (χ3n) is 3.09. The molecule has 15 heavy (non-hydrogen) atoms. The summed E-state index contributed by atoms with van der Waals surface area (Å²) in [5, 5.41) is 0. The fourth-order valence-electron chi connectivity index (χ4n) is 2.23. The second kappa shape index (κ2) is 4.11. The molecule has 2 rings (SSSR count). The lowest BCUT2D eigenvalue weighted by Gasteiger charge is -2.21. The molecule has 4 N–H and O–H groups in total. The molecule has 1 atom stereocenters. The van der Waals surface area contributed by atoms with E-state index in [4.69, 9.17) is 11.5 Å². The van der Waals surface area contributed by atoms with Crippen molar-refractivity contribution in [3.8, 4) is 0 Å². The van der Waals surface area contributed by atoms with E-state index in [1.807, 2.05) is 12.1 Å². The van der Waals surface area contributed by atoms with E-state index in [-0.39, 0.29) is 0 Å². The van der Waals surface area contributed by atoms with Crippen LogP contribution in [0.1, 0.15) is 18.9 Å². The Kier molecular flexibility index (Phi) is 2.82.